The van der Waals surface area contributed by atoms with Gasteiger partial charge in [-0.1, -0.05) is 18.2 Å². The zero-order valence-corrected chi connectivity index (χ0v) is 11.2. The molecule has 5 nitrogen and oxygen atoms in total. The normalized spacial score (nSPS) is 11.8. The Morgan fingerprint density at radius 1 is 1.30 bits per heavy atom. The second-order valence-corrected chi connectivity index (χ2v) is 4.64. The second-order valence-electron chi connectivity index (χ2n) is 4.64. The lowest BCUT2D eigenvalue weighted by molar-refractivity contribution is 0.459. The molecule has 0 amide bonds. The molecule has 0 spiro atoms. The van der Waals surface area contributed by atoms with Gasteiger partial charge in [-0.05, 0) is 19.4 Å². The maximum Gasteiger partial charge on any atom is 0.274 e. The SMILES string of the molecule is Cc1nn(C[C@@H](C#N)CCC#N)c(=O)c2ccccc12. The Bertz CT molecular complexity index is 764. The topological polar surface area (TPSA) is 82.5 Å². The molecule has 2 aromatic rings. The Labute approximate surface area is 116 Å². The third kappa shape index (κ3) is 2.67. The Morgan fingerprint density at radius 2 is 2.00 bits per heavy atom. The summed E-state index contributed by atoms with van der Waals surface area (Å²) in [5.41, 5.74) is 0.570. The summed E-state index contributed by atoms with van der Waals surface area (Å²) in [6, 6.07) is 11.4. The number of benzene rings is 1. The molecule has 0 fully saturated rings. The zero-order valence-electron chi connectivity index (χ0n) is 11.2. The molecule has 0 unspecified atom stereocenters. The van der Waals surface area contributed by atoms with E-state index in [1.165, 1.54) is 4.68 Å². The maximum absolute atomic E-state index is 12.3. The van der Waals surface area contributed by atoms with Gasteiger partial charge in [-0.15, -0.1) is 0 Å². The first-order valence-electron chi connectivity index (χ1n) is 6.40. The summed E-state index contributed by atoms with van der Waals surface area (Å²) in [5, 5.41) is 23.4. The zero-order chi connectivity index (χ0) is 14.5. The third-order valence-electron chi connectivity index (χ3n) is 3.23. The molecule has 0 aliphatic heterocycles. The van der Waals surface area contributed by atoms with Gasteiger partial charge in [0.25, 0.3) is 5.56 Å². The molecule has 20 heavy (non-hydrogen) atoms. The minimum absolute atomic E-state index is 0.191. The summed E-state index contributed by atoms with van der Waals surface area (Å²) in [4.78, 5) is 12.3. The summed E-state index contributed by atoms with van der Waals surface area (Å²) in [5.74, 6) is -0.375. The van der Waals surface area contributed by atoms with E-state index in [4.69, 9.17) is 10.5 Å². The van der Waals surface area contributed by atoms with Crippen LogP contribution in [0.5, 0.6) is 0 Å². The molecular weight excluding hydrogens is 252 g/mol. The van der Waals surface area contributed by atoms with Crippen molar-refractivity contribution in [3.05, 3.63) is 40.3 Å². The van der Waals surface area contributed by atoms with Crippen molar-refractivity contribution >= 4 is 10.8 Å². The van der Waals surface area contributed by atoms with Gasteiger partial charge in [0, 0.05) is 11.8 Å². The largest absolute Gasteiger partial charge is 0.274 e. The van der Waals surface area contributed by atoms with Crippen molar-refractivity contribution in [1.29, 1.82) is 10.5 Å². The summed E-state index contributed by atoms with van der Waals surface area (Å²) in [7, 11) is 0. The smallest absolute Gasteiger partial charge is 0.267 e. The maximum atomic E-state index is 12.3. The lowest BCUT2D eigenvalue weighted by Gasteiger charge is -2.11. The standard InChI is InChI=1S/C15H14N4O/c1-11-13-6-2-3-7-14(13)15(20)19(18-11)10-12(9-17)5-4-8-16/h2-3,6-7,12H,4-5,10H2,1H3/t12-/m1/s1. The predicted molar refractivity (Wildman–Crippen MR) is 74.7 cm³/mol. The number of nitrogens with zero attached hydrogens (tertiary/aromatic N) is 4. The Balaban J connectivity index is 2.41. The highest BCUT2D eigenvalue weighted by Crippen LogP contribution is 2.13. The van der Waals surface area contributed by atoms with Gasteiger partial charge in [-0.25, -0.2) is 4.68 Å². The van der Waals surface area contributed by atoms with Crippen LogP contribution in [0.4, 0.5) is 0 Å². The van der Waals surface area contributed by atoms with Gasteiger partial charge in [0.15, 0.2) is 0 Å². The average molecular weight is 266 g/mol. The first-order chi connectivity index (χ1) is 9.67. The van der Waals surface area contributed by atoms with Gasteiger partial charge in [0.05, 0.1) is 35.7 Å². The molecule has 0 radical (unpaired) electrons. The number of hydrogen-bond acceptors (Lipinski definition) is 4. The molecule has 1 aromatic carbocycles. The number of aromatic nitrogens is 2. The summed E-state index contributed by atoms with van der Waals surface area (Å²) < 4.78 is 1.34. The van der Waals surface area contributed by atoms with Crippen LogP contribution >= 0.6 is 0 Å². The number of hydrogen-bond donors (Lipinski definition) is 0. The summed E-state index contributed by atoms with van der Waals surface area (Å²) in [6.45, 7) is 2.07. The van der Waals surface area contributed by atoms with Crippen LogP contribution in [-0.2, 0) is 6.54 Å². The quantitative estimate of drug-likeness (QED) is 0.848. The molecule has 100 valence electrons. The lowest BCUT2D eigenvalue weighted by atomic mass is 10.1. The fourth-order valence-electron chi connectivity index (χ4n) is 2.17. The van der Waals surface area contributed by atoms with Crippen LogP contribution in [-0.4, -0.2) is 9.78 Å². The van der Waals surface area contributed by atoms with Crippen molar-refractivity contribution in [1.82, 2.24) is 9.78 Å². The molecule has 2 rings (SSSR count). The van der Waals surface area contributed by atoms with E-state index in [1.54, 1.807) is 6.07 Å². The van der Waals surface area contributed by atoms with Crippen LogP contribution in [0.2, 0.25) is 0 Å². The van der Waals surface area contributed by atoms with E-state index in [-0.39, 0.29) is 18.0 Å². The molecule has 1 heterocycles. The van der Waals surface area contributed by atoms with E-state index >= 15 is 0 Å². The van der Waals surface area contributed by atoms with Crippen LogP contribution in [0, 0.1) is 35.5 Å². The van der Waals surface area contributed by atoms with Gasteiger partial charge < -0.3 is 0 Å². The first-order valence-corrected chi connectivity index (χ1v) is 6.40. The van der Waals surface area contributed by atoms with Gasteiger partial charge in [-0.2, -0.15) is 15.6 Å². The van der Waals surface area contributed by atoms with Crippen molar-refractivity contribution in [3.8, 4) is 12.1 Å². The van der Waals surface area contributed by atoms with Crippen molar-refractivity contribution in [2.75, 3.05) is 0 Å². The van der Waals surface area contributed by atoms with Crippen LogP contribution < -0.4 is 5.56 Å². The van der Waals surface area contributed by atoms with Gasteiger partial charge in [-0.3, -0.25) is 4.79 Å². The van der Waals surface area contributed by atoms with E-state index in [0.29, 0.717) is 18.2 Å². The second kappa shape index (κ2) is 5.99. The summed E-state index contributed by atoms with van der Waals surface area (Å²) in [6.07, 6.45) is 0.756. The molecule has 0 aliphatic rings. The number of nitriles is 2. The number of fused-ring (bicyclic) bond motifs is 1. The number of rotatable bonds is 4. The highest BCUT2D eigenvalue weighted by Gasteiger charge is 2.13. The molecule has 0 N–H and O–H groups in total. The summed E-state index contributed by atoms with van der Waals surface area (Å²) >= 11 is 0. The minimum atomic E-state index is -0.375. The van der Waals surface area contributed by atoms with Crippen molar-refractivity contribution in [2.24, 2.45) is 5.92 Å². The average Bonchev–Trinajstić information content (AvgIpc) is 2.48. The highest BCUT2D eigenvalue weighted by molar-refractivity contribution is 5.83. The van der Waals surface area contributed by atoms with Crippen LogP contribution in [0.15, 0.2) is 29.1 Å². The van der Waals surface area contributed by atoms with Crippen LogP contribution in [0.3, 0.4) is 0 Å². The molecule has 5 heteroatoms. The van der Waals surface area contributed by atoms with Crippen LogP contribution in [0.1, 0.15) is 18.5 Å². The van der Waals surface area contributed by atoms with Gasteiger partial charge in [0.1, 0.15) is 0 Å². The van der Waals surface area contributed by atoms with E-state index < -0.39 is 0 Å². The predicted octanol–water partition coefficient (Wildman–Crippen LogP) is 2.15. The van der Waals surface area contributed by atoms with Gasteiger partial charge >= 0.3 is 0 Å². The molecule has 1 aromatic heterocycles. The first kappa shape index (κ1) is 13.8. The third-order valence-corrected chi connectivity index (χ3v) is 3.23. The Kier molecular flexibility index (Phi) is 4.12. The molecule has 1 atom stereocenters. The van der Waals surface area contributed by atoms with Gasteiger partial charge in [0.2, 0.25) is 0 Å². The van der Waals surface area contributed by atoms with E-state index in [0.717, 1.165) is 11.1 Å². The Hall–Kier alpha value is -2.66. The van der Waals surface area contributed by atoms with E-state index in [2.05, 4.69) is 11.2 Å². The molecule has 0 saturated carbocycles. The fourth-order valence-corrected chi connectivity index (χ4v) is 2.17. The lowest BCUT2D eigenvalue weighted by Crippen LogP contribution is -2.27. The van der Waals surface area contributed by atoms with E-state index in [1.807, 2.05) is 31.2 Å². The molecule has 0 bridgehead atoms. The monoisotopic (exact) mass is 266 g/mol. The van der Waals surface area contributed by atoms with E-state index in [9.17, 15) is 4.79 Å². The Morgan fingerprint density at radius 3 is 2.65 bits per heavy atom. The number of aryl methyl sites for hydroxylation is 1. The minimum Gasteiger partial charge on any atom is -0.267 e. The van der Waals surface area contributed by atoms with Crippen molar-refractivity contribution < 1.29 is 0 Å². The fraction of sp³-hybridized carbons (Fsp3) is 0.333. The van der Waals surface area contributed by atoms with Crippen molar-refractivity contribution in [3.63, 3.8) is 0 Å². The molecular formula is C15H14N4O. The highest BCUT2D eigenvalue weighted by atomic mass is 16.1. The molecule has 0 aliphatic carbocycles. The molecule has 0 saturated heterocycles. The van der Waals surface area contributed by atoms with Crippen molar-refractivity contribution in [2.45, 2.75) is 26.3 Å². The van der Waals surface area contributed by atoms with Crippen LogP contribution in [0.25, 0.3) is 10.8 Å².